The van der Waals surface area contributed by atoms with Gasteiger partial charge in [-0.2, -0.15) is 5.10 Å². The number of carboxylic acids is 1. The van der Waals surface area contributed by atoms with Crippen LogP contribution in [0, 0.1) is 0 Å². The Hall–Kier alpha value is -3.02. The predicted octanol–water partition coefficient (Wildman–Crippen LogP) is 4.94. The van der Waals surface area contributed by atoms with Gasteiger partial charge < -0.3 is 5.11 Å². The molecule has 0 fully saturated rings. The summed E-state index contributed by atoms with van der Waals surface area (Å²) in [5.41, 5.74) is 2.61. The number of hydrogen-bond donors (Lipinski definition) is 1. The molecule has 6 nitrogen and oxygen atoms in total. The Morgan fingerprint density at radius 2 is 1.93 bits per heavy atom. The zero-order chi connectivity index (χ0) is 20.8. The van der Waals surface area contributed by atoms with Gasteiger partial charge in [-0.15, -0.1) is 0 Å². The molecule has 0 radical (unpaired) electrons. The molecule has 3 rings (SSSR count). The summed E-state index contributed by atoms with van der Waals surface area (Å²) >= 11 is 0. The van der Waals surface area contributed by atoms with Gasteiger partial charge >= 0.3 is 5.97 Å². The van der Waals surface area contributed by atoms with Crippen molar-refractivity contribution in [3.05, 3.63) is 65.5 Å². The number of rotatable bonds is 9. The van der Waals surface area contributed by atoms with Crippen LogP contribution in [-0.4, -0.2) is 30.8 Å². The van der Waals surface area contributed by atoms with Crippen LogP contribution in [0.25, 0.3) is 11.1 Å². The van der Waals surface area contributed by atoms with Crippen molar-refractivity contribution in [2.24, 2.45) is 0 Å². The summed E-state index contributed by atoms with van der Waals surface area (Å²) in [5, 5.41) is 14.1. The van der Waals surface area contributed by atoms with E-state index in [1.54, 1.807) is 24.4 Å². The van der Waals surface area contributed by atoms with Crippen LogP contribution in [0.15, 0.2) is 42.6 Å². The quantitative estimate of drug-likeness (QED) is 0.522. The zero-order valence-electron chi connectivity index (χ0n) is 17.3. The Balaban J connectivity index is 1.82. The molecule has 152 valence electrons. The Kier molecular flexibility index (Phi) is 6.75. The zero-order valence-corrected chi connectivity index (χ0v) is 17.3. The van der Waals surface area contributed by atoms with Gasteiger partial charge in [0.05, 0.1) is 17.8 Å². The van der Waals surface area contributed by atoms with Crippen molar-refractivity contribution in [2.45, 2.75) is 58.9 Å². The highest BCUT2D eigenvalue weighted by Crippen LogP contribution is 2.23. The summed E-state index contributed by atoms with van der Waals surface area (Å²) in [6.07, 6.45) is 6.10. The van der Waals surface area contributed by atoms with Gasteiger partial charge in [-0.1, -0.05) is 57.9 Å². The molecule has 0 aliphatic heterocycles. The monoisotopic (exact) mass is 392 g/mol. The van der Waals surface area contributed by atoms with E-state index in [2.05, 4.69) is 30.9 Å². The number of carboxylic acid groups (broad SMARTS) is 1. The highest BCUT2D eigenvalue weighted by molar-refractivity contribution is 5.95. The standard InChI is InChI=1S/C23H28N4O2/c1-4-5-6-11-21-25-22(16(2)3)26-27(21)15-18-13-12-17(14-24-18)19-9-7-8-10-20(19)23(28)29/h7-10,12-14,16H,4-6,11,15H2,1-3H3,(H,28,29). The van der Waals surface area contributed by atoms with Gasteiger partial charge in [0.1, 0.15) is 5.82 Å². The fourth-order valence-corrected chi connectivity index (χ4v) is 3.24. The summed E-state index contributed by atoms with van der Waals surface area (Å²) in [5.74, 6) is 1.21. The lowest BCUT2D eigenvalue weighted by molar-refractivity contribution is 0.0697. The van der Waals surface area contributed by atoms with Crippen LogP contribution in [-0.2, 0) is 13.0 Å². The molecule has 1 N–H and O–H groups in total. The molecular formula is C23H28N4O2. The van der Waals surface area contributed by atoms with Crippen LogP contribution in [0.4, 0.5) is 0 Å². The molecule has 0 bridgehead atoms. The summed E-state index contributed by atoms with van der Waals surface area (Å²) < 4.78 is 1.96. The average molecular weight is 393 g/mol. The molecule has 2 heterocycles. The fraction of sp³-hybridized carbons (Fsp3) is 0.391. The van der Waals surface area contributed by atoms with Gasteiger partial charge in [0, 0.05) is 24.1 Å². The Labute approximate surface area is 171 Å². The first-order valence-electron chi connectivity index (χ1n) is 10.2. The molecule has 0 amide bonds. The molecule has 0 saturated carbocycles. The molecule has 0 atom stereocenters. The molecule has 2 aromatic heterocycles. The van der Waals surface area contributed by atoms with Gasteiger partial charge in [-0.25, -0.2) is 14.5 Å². The maximum absolute atomic E-state index is 11.5. The molecule has 0 aliphatic carbocycles. The van der Waals surface area contributed by atoms with Crippen molar-refractivity contribution in [1.82, 2.24) is 19.7 Å². The fourth-order valence-electron chi connectivity index (χ4n) is 3.24. The maximum atomic E-state index is 11.5. The summed E-state index contributed by atoms with van der Waals surface area (Å²) in [4.78, 5) is 20.8. The Morgan fingerprint density at radius 3 is 2.59 bits per heavy atom. The van der Waals surface area contributed by atoms with Crippen LogP contribution in [0.2, 0.25) is 0 Å². The molecule has 0 aliphatic rings. The van der Waals surface area contributed by atoms with E-state index in [1.807, 2.05) is 22.9 Å². The molecule has 0 unspecified atom stereocenters. The topological polar surface area (TPSA) is 80.9 Å². The number of unbranched alkanes of at least 4 members (excludes halogenated alkanes) is 2. The SMILES string of the molecule is CCCCCc1nc(C(C)C)nn1Cc1ccc(-c2ccccc2C(=O)O)cn1. The number of aromatic carboxylic acids is 1. The Bertz CT molecular complexity index is 961. The van der Waals surface area contributed by atoms with Crippen molar-refractivity contribution in [3.8, 4) is 11.1 Å². The van der Waals surface area contributed by atoms with E-state index in [4.69, 9.17) is 4.98 Å². The largest absolute Gasteiger partial charge is 0.478 e. The molecule has 3 aromatic rings. The van der Waals surface area contributed by atoms with Gasteiger partial charge in [0.2, 0.25) is 0 Å². The third kappa shape index (κ3) is 5.08. The normalized spacial score (nSPS) is 11.2. The van der Waals surface area contributed by atoms with Crippen LogP contribution in [0.5, 0.6) is 0 Å². The molecule has 0 saturated heterocycles. The van der Waals surface area contributed by atoms with Gasteiger partial charge in [0.25, 0.3) is 0 Å². The van der Waals surface area contributed by atoms with E-state index >= 15 is 0 Å². The lowest BCUT2D eigenvalue weighted by Gasteiger charge is -2.08. The van der Waals surface area contributed by atoms with Crippen LogP contribution < -0.4 is 0 Å². The molecule has 0 spiro atoms. The van der Waals surface area contributed by atoms with E-state index in [-0.39, 0.29) is 11.5 Å². The van der Waals surface area contributed by atoms with E-state index in [9.17, 15) is 9.90 Å². The number of carbonyl (C=O) groups is 1. The third-order valence-corrected chi connectivity index (χ3v) is 4.89. The number of pyridine rings is 1. The van der Waals surface area contributed by atoms with Crippen molar-refractivity contribution in [3.63, 3.8) is 0 Å². The van der Waals surface area contributed by atoms with Crippen molar-refractivity contribution in [1.29, 1.82) is 0 Å². The van der Waals surface area contributed by atoms with E-state index in [0.29, 0.717) is 12.1 Å². The number of aryl methyl sites for hydroxylation is 1. The van der Waals surface area contributed by atoms with Crippen LogP contribution >= 0.6 is 0 Å². The smallest absolute Gasteiger partial charge is 0.336 e. The van der Waals surface area contributed by atoms with Crippen LogP contribution in [0.1, 0.15) is 73.7 Å². The maximum Gasteiger partial charge on any atom is 0.336 e. The lowest BCUT2D eigenvalue weighted by Crippen LogP contribution is -2.09. The minimum atomic E-state index is -0.940. The van der Waals surface area contributed by atoms with E-state index in [1.165, 1.54) is 12.8 Å². The Morgan fingerprint density at radius 1 is 1.14 bits per heavy atom. The number of aromatic nitrogens is 4. The van der Waals surface area contributed by atoms with Gasteiger partial charge in [0.15, 0.2) is 5.82 Å². The second kappa shape index (κ2) is 9.45. The first-order valence-corrected chi connectivity index (χ1v) is 10.2. The summed E-state index contributed by atoms with van der Waals surface area (Å²) in [6, 6.07) is 10.8. The van der Waals surface area contributed by atoms with Crippen molar-refractivity contribution < 1.29 is 9.90 Å². The second-order valence-electron chi connectivity index (χ2n) is 7.54. The molecule has 1 aromatic carbocycles. The molecule has 6 heteroatoms. The first kappa shape index (κ1) is 20.7. The molecular weight excluding hydrogens is 364 g/mol. The number of nitrogens with zero attached hydrogens (tertiary/aromatic N) is 4. The van der Waals surface area contributed by atoms with E-state index in [0.717, 1.165) is 35.7 Å². The predicted molar refractivity (Wildman–Crippen MR) is 113 cm³/mol. The van der Waals surface area contributed by atoms with Gasteiger partial charge in [-0.05, 0) is 24.1 Å². The summed E-state index contributed by atoms with van der Waals surface area (Å²) in [7, 11) is 0. The second-order valence-corrected chi connectivity index (χ2v) is 7.54. The highest BCUT2D eigenvalue weighted by atomic mass is 16.4. The van der Waals surface area contributed by atoms with Gasteiger partial charge in [-0.3, -0.25) is 4.98 Å². The average Bonchev–Trinajstić information content (AvgIpc) is 3.12. The third-order valence-electron chi connectivity index (χ3n) is 4.89. The minimum Gasteiger partial charge on any atom is -0.478 e. The lowest BCUT2D eigenvalue weighted by atomic mass is 10.0. The molecule has 29 heavy (non-hydrogen) atoms. The number of benzene rings is 1. The highest BCUT2D eigenvalue weighted by Gasteiger charge is 2.14. The number of hydrogen-bond acceptors (Lipinski definition) is 4. The minimum absolute atomic E-state index is 0.276. The summed E-state index contributed by atoms with van der Waals surface area (Å²) in [6.45, 7) is 6.95. The van der Waals surface area contributed by atoms with Crippen molar-refractivity contribution >= 4 is 5.97 Å². The van der Waals surface area contributed by atoms with Crippen LogP contribution in [0.3, 0.4) is 0 Å². The van der Waals surface area contributed by atoms with Crippen molar-refractivity contribution in [2.75, 3.05) is 0 Å². The van der Waals surface area contributed by atoms with E-state index < -0.39 is 5.97 Å². The first-order chi connectivity index (χ1) is 14.0.